The standard InChI is InChI=1S/C14H25N3O2S2/c1-4-5-12-13(10-15-11-6-7-11)20-14(16-12)17(2)8-9-21(3,18)19/h11,15H,4-10H2,1-3H3. The highest BCUT2D eigenvalue weighted by molar-refractivity contribution is 7.90. The second-order valence-corrected chi connectivity index (χ2v) is 9.14. The van der Waals surface area contributed by atoms with Crippen LogP contribution in [0.15, 0.2) is 0 Å². The lowest BCUT2D eigenvalue weighted by atomic mass is 10.2. The molecule has 1 aliphatic carbocycles. The molecule has 21 heavy (non-hydrogen) atoms. The minimum Gasteiger partial charge on any atom is -0.350 e. The van der Waals surface area contributed by atoms with Crippen molar-refractivity contribution in [2.45, 2.75) is 45.2 Å². The molecule has 0 bridgehead atoms. The Bertz CT molecular complexity index is 565. The summed E-state index contributed by atoms with van der Waals surface area (Å²) in [7, 11) is -1.02. The first-order valence-electron chi connectivity index (χ1n) is 7.50. The molecule has 1 aromatic rings. The Morgan fingerprint density at radius 2 is 2.14 bits per heavy atom. The number of thiazole rings is 1. The Morgan fingerprint density at radius 3 is 2.71 bits per heavy atom. The first-order valence-corrected chi connectivity index (χ1v) is 10.4. The number of anilines is 1. The Balaban J connectivity index is 2.01. The smallest absolute Gasteiger partial charge is 0.185 e. The van der Waals surface area contributed by atoms with E-state index in [0.29, 0.717) is 12.6 Å². The van der Waals surface area contributed by atoms with Gasteiger partial charge in [0.05, 0.1) is 11.4 Å². The quantitative estimate of drug-likeness (QED) is 0.748. The van der Waals surface area contributed by atoms with E-state index in [-0.39, 0.29) is 5.75 Å². The summed E-state index contributed by atoms with van der Waals surface area (Å²) in [4.78, 5) is 7.95. The van der Waals surface area contributed by atoms with Crippen LogP contribution in [0.3, 0.4) is 0 Å². The average molecular weight is 332 g/mol. The van der Waals surface area contributed by atoms with Crippen molar-refractivity contribution < 1.29 is 8.42 Å². The molecule has 2 rings (SSSR count). The second-order valence-electron chi connectivity index (χ2n) is 5.82. The van der Waals surface area contributed by atoms with E-state index in [0.717, 1.165) is 30.2 Å². The molecule has 0 unspecified atom stereocenters. The monoisotopic (exact) mass is 331 g/mol. The number of sulfone groups is 1. The summed E-state index contributed by atoms with van der Waals surface area (Å²) in [5.41, 5.74) is 1.16. The number of hydrogen-bond acceptors (Lipinski definition) is 6. The molecule has 0 aliphatic heterocycles. The zero-order valence-corrected chi connectivity index (χ0v) is 14.7. The molecule has 0 atom stereocenters. The second kappa shape index (κ2) is 7.07. The molecule has 1 heterocycles. The van der Waals surface area contributed by atoms with Crippen molar-refractivity contribution in [1.29, 1.82) is 0 Å². The van der Waals surface area contributed by atoms with E-state index in [1.807, 2.05) is 11.9 Å². The van der Waals surface area contributed by atoms with E-state index in [1.165, 1.54) is 24.0 Å². The Kier molecular flexibility index (Phi) is 5.62. The number of aryl methyl sites for hydroxylation is 1. The highest BCUT2D eigenvalue weighted by Gasteiger charge is 2.22. The zero-order chi connectivity index (χ0) is 15.5. The zero-order valence-electron chi connectivity index (χ0n) is 13.1. The fourth-order valence-electron chi connectivity index (χ4n) is 2.03. The largest absolute Gasteiger partial charge is 0.350 e. The van der Waals surface area contributed by atoms with Gasteiger partial charge in [-0.05, 0) is 19.3 Å². The van der Waals surface area contributed by atoms with Gasteiger partial charge in [-0.1, -0.05) is 13.3 Å². The van der Waals surface area contributed by atoms with Crippen LogP contribution in [0.2, 0.25) is 0 Å². The van der Waals surface area contributed by atoms with Gasteiger partial charge in [0.25, 0.3) is 0 Å². The van der Waals surface area contributed by atoms with Gasteiger partial charge in [0.1, 0.15) is 9.84 Å². The van der Waals surface area contributed by atoms with Crippen molar-refractivity contribution in [1.82, 2.24) is 10.3 Å². The average Bonchev–Trinajstić information content (AvgIpc) is 3.15. The molecule has 5 nitrogen and oxygen atoms in total. The summed E-state index contributed by atoms with van der Waals surface area (Å²) in [5, 5.41) is 4.46. The van der Waals surface area contributed by atoms with Gasteiger partial charge in [0, 0.05) is 37.3 Å². The molecule has 0 radical (unpaired) electrons. The molecular formula is C14H25N3O2S2. The van der Waals surface area contributed by atoms with Gasteiger partial charge in [-0.3, -0.25) is 0 Å². The van der Waals surface area contributed by atoms with Crippen molar-refractivity contribution in [3.8, 4) is 0 Å². The van der Waals surface area contributed by atoms with Gasteiger partial charge in [0.2, 0.25) is 0 Å². The minimum atomic E-state index is -2.93. The first-order chi connectivity index (χ1) is 9.89. The normalized spacial score (nSPS) is 15.4. The number of rotatable bonds is 9. The molecule has 1 aromatic heterocycles. The van der Waals surface area contributed by atoms with Gasteiger partial charge >= 0.3 is 0 Å². The fraction of sp³-hybridized carbons (Fsp3) is 0.786. The first kappa shape index (κ1) is 16.7. The molecule has 1 fully saturated rings. The van der Waals surface area contributed by atoms with Gasteiger partial charge in [-0.15, -0.1) is 11.3 Å². The SMILES string of the molecule is CCCc1nc(N(C)CCS(C)(=O)=O)sc1CNC1CC1. The van der Waals surface area contributed by atoms with E-state index in [4.69, 9.17) is 4.98 Å². The molecule has 7 heteroatoms. The van der Waals surface area contributed by atoms with Crippen LogP contribution in [-0.2, 0) is 22.8 Å². The molecule has 120 valence electrons. The molecule has 0 aromatic carbocycles. The lowest BCUT2D eigenvalue weighted by molar-refractivity contribution is 0.601. The van der Waals surface area contributed by atoms with Crippen molar-refractivity contribution in [2.24, 2.45) is 0 Å². The molecule has 1 aliphatic rings. The molecule has 1 saturated carbocycles. The van der Waals surface area contributed by atoms with Crippen LogP contribution in [0.5, 0.6) is 0 Å². The third-order valence-corrected chi connectivity index (χ3v) is 5.64. The number of aromatic nitrogens is 1. The lowest BCUT2D eigenvalue weighted by Gasteiger charge is -2.14. The molecule has 1 N–H and O–H groups in total. The van der Waals surface area contributed by atoms with Crippen LogP contribution >= 0.6 is 11.3 Å². The van der Waals surface area contributed by atoms with Crippen LogP contribution in [-0.4, -0.2) is 45.0 Å². The van der Waals surface area contributed by atoms with E-state index < -0.39 is 9.84 Å². The predicted octanol–water partition coefficient (Wildman–Crippen LogP) is 1.83. The molecule has 0 spiro atoms. The van der Waals surface area contributed by atoms with Crippen LogP contribution in [0.4, 0.5) is 5.13 Å². The summed E-state index contributed by atoms with van der Waals surface area (Å²) >= 11 is 1.69. The fourth-order valence-corrected chi connectivity index (χ4v) is 3.68. The Labute approximate surface area is 131 Å². The predicted molar refractivity (Wildman–Crippen MR) is 89.0 cm³/mol. The number of hydrogen-bond donors (Lipinski definition) is 1. The van der Waals surface area contributed by atoms with Crippen LogP contribution < -0.4 is 10.2 Å². The third kappa shape index (κ3) is 5.56. The number of nitrogens with zero attached hydrogens (tertiary/aromatic N) is 2. The van der Waals surface area contributed by atoms with Crippen molar-refractivity contribution >= 4 is 26.3 Å². The van der Waals surface area contributed by atoms with Gasteiger partial charge in [-0.2, -0.15) is 0 Å². The van der Waals surface area contributed by atoms with E-state index >= 15 is 0 Å². The maximum Gasteiger partial charge on any atom is 0.185 e. The van der Waals surface area contributed by atoms with Crippen molar-refractivity contribution in [2.75, 3.05) is 30.5 Å². The van der Waals surface area contributed by atoms with Crippen LogP contribution in [0.25, 0.3) is 0 Å². The number of nitrogens with one attached hydrogen (secondary N) is 1. The van der Waals surface area contributed by atoms with Gasteiger partial charge < -0.3 is 10.2 Å². The van der Waals surface area contributed by atoms with E-state index in [2.05, 4.69) is 12.2 Å². The van der Waals surface area contributed by atoms with Gasteiger partial charge in [0.15, 0.2) is 5.13 Å². The van der Waals surface area contributed by atoms with Gasteiger partial charge in [-0.25, -0.2) is 13.4 Å². The molecular weight excluding hydrogens is 306 g/mol. The van der Waals surface area contributed by atoms with Crippen molar-refractivity contribution in [3.05, 3.63) is 10.6 Å². The van der Waals surface area contributed by atoms with E-state index in [1.54, 1.807) is 11.3 Å². The summed E-state index contributed by atoms with van der Waals surface area (Å²) in [6.07, 6.45) is 5.90. The highest BCUT2D eigenvalue weighted by atomic mass is 32.2. The minimum absolute atomic E-state index is 0.169. The van der Waals surface area contributed by atoms with Crippen LogP contribution in [0.1, 0.15) is 36.8 Å². The Hall–Kier alpha value is -0.660. The lowest BCUT2D eigenvalue weighted by Crippen LogP contribution is -2.24. The topological polar surface area (TPSA) is 62.3 Å². The maximum absolute atomic E-state index is 11.3. The summed E-state index contributed by atoms with van der Waals surface area (Å²) in [5.74, 6) is 0.169. The summed E-state index contributed by atoms with van der Waals surface area (Å²) in [6, 6.07) is 0.688. The maximum atomic E-state index is 11.3. The van der Waals surface area contributed by atoms with Crippen LogP contribution in [0, 0.1) is 0 Å². The molecule has 0 saturated heterocycles. The Morgan fingerprint density at radius 1 is 1.43 bits per heavy atom. The molecule has 0 amide bonds. The van der Waals surface area contributed by atoms with Crippen molar-refractivity contribution in [3.63, 3.8) is 0 Å². The summed E-state index contributed by atoms with van der Waals surface area (Å²) < 4.78 is 22.5. The van der Waals surface area contributed by atoms with E-state index in [9.17, 15) is 8.42 Å². The summed E-state index contributed by atoms with van der Waals surface area (Å²) in [6.45, 7) is 3.54. The highest BCUT2D eigenvalue weighted by Crippen LogP contribution is 2.28. The third-order valence-electron chi connectivity index (χ3n) is 3.51.